The molecule has 17 heavy (non-hydrogen) atoms. The summed E-state index contributed by atoms with van der Waals surface area (Å²) in [4.78, 5) is 6.71. The topological polar surface area (TPSA) is 28.2 Å². The van der Waals surface area contributed by atoms with E-state index in [-0.39, 0.29) is 0 Å². The fourth-order valence-electron chi connectivity index (χ4n) is 1.58. The Morgan fingerprint density at radius 3 is 2.65 bits per heavy atom. The highest BCUT2D eigenvalue weighted by Gasteiger charge is 2.02. The number of aromatic nitrogens is 1. The maximum atomic E-state index is 4.50. The highest BCUT2D eigenvalue weighted by molar-refractivity contribution is 5.38. The van der Waals surface area contributed by atoms with Crippen molar-refractivity contribution in [3.8, 4) is 0 Å². The van der Waals surface area contributed by atoms with Crippen molar-refractivity contribution in [1.82, 2.24) is 10.3 Å². The first-order valence-corrected chi connectivity index (χ1v) is 6.53. The maximum absolute atomic E-state index is 4.50. The summed E-state index contributed by atoms with van der Waals surface area (Å²) in [5, 5.41) is 3.39. The highest BCUT2D eigenvalue weighted by atomic mass is 15.2. The number of unbranched alkanes of at least 4 members (excludes halogenated alkanes) is 1. The third kappa shape index (κ3) is 5.18. The van der Waals surface area contributed by atoms with Gasteiger partial charge in [0.15, 0.2) is 0 Å². The Bertz CT molecular complexity index is 306. The Labute approximate surface area is 105 Å². The second kappa shape index (κ2) is 7.28. The third-order valence-electron chi connectivity index (χ3n) is 2.76. The van der Waals surface area contributed by atoms with Crippen molar-refractivity contribution >= 4 is 5.82 Å². The van der Waals surface area contributed by atoms with Gasteiger partial charge in [0, 0.05) is 32.4 Å². The predicted octanol–water partition coefficient (Wildman–Crippen LogP) is 2.82. The first-order valence-electron chi connectivity index (χ1n) is 6.53. The van der Waals surface area contributed by atoms with Crippen LogP contribution in [0.4, 0.5) is 5.82 Å². The van der Waals surface area contributed by atoms with Gasteiger partial charge < -0.3 is 10.2 Å². The van der Waals surface area contributed by atoms with Gasteiger partial charge in [0.1, 0.15) is 5.82 Å². The van der Waals surface area contributed by atoms with Crippen LogP contribution in [0.1, 0.15) is 39.2 Å². The fraction of sp³-hybridized carbons (Fsp3) is 0.643. The molecule has 1 aromatic rings. The normalized spacial score (nSPS) is 10.9. The number of hydrogen-bond donors (Lipinski definition) is 1. The van der Waals surface area contributed by atoms with Gasteiger partial charge in [0.05, 0.1) is 0 Å². The minimum Gasteiger partial charge on any atom is -0.360 e. The summed E-state index contributed by atoms with van der Waals surface area (Å²) < 4.78 is 0. The monoisotopic (exact) mass is 235 g/mol. The average Bonchev–Trinajstić information content (AvgIpc) is 2.34. The van der Waals surface area contributed by atoms with E-state index in [1.807, 2.05) is 6.20 Å². The lowest BCUT2D eigenvalue weighted by atomic mass is 10.2. The molecule has 0 saturated heterocycles. The van der Waals surface area contributed by atoms with Gasteiger partial charge >= 0.3 is 0 Å². The zero-order valence-electron chi connectivity index (χ0n) is 11.5. The standard InChI is InChI=1S/C14H25N3/c1-5-6-9-17(4)14-8-7-13(11-16-14)10-15-12(2)3/h7-8,11-12,15H,5-6,9-10H2,1-4H3. The van der Waals surface area contributed by atoms with E-state index in [4.69, 9.17) is 0 Å². The van der Waals surface area contributed by atoms with Gasteiger partial charge in [-0.3, -0.25) is 0 Å². The number of nitrogens with one attached hydrogen (secondary N) is 1. The molecule has 0 aliphatic rings. The molecule has 0 aliphatic heterocycles. The van der Waals surface area contributed by atoms with E-state index < -0.39 is 0 Å². The molecule has 0 aromatic carbocycles. The van der Waals surface area contributed by atoms with Crippen LogP contribution >= 0.6 is 0 Å². The van der Waals surface area contributed by atoms with Crippen LogP contribution in [-0.2, 0) is 6.54 Å². The molecule has 3 heteroatoms. The lowest BCUT2D eigenvalue weighted by Crippen LogP contribution is -2.22. The van der Waals surface area contributed by atoms with E-state index in [2.05, 4.69) is 55.2 Å². The van der Waals surface area contributed by atoms with E-state index in [9.17, 15) is 0 Å². The van der Waals surface area contributed by atoms with Gasteiger partial charge in [-0.05, 0) is 18.1 Å². The molecule has 1 aromatic heterocycles. The van der Waals surface area contributed by atoms with E-state index in [1.54, 1.807) is 0 Å². The van der Waals surface area contributed by atoms with Crippen molar-refractivity contribution in [2.75, 3.05) is 18.5 Å². The quantitative estimate of drug-likeness (QED) is 0.787. The minimum absolute atomic E-state index is 0.516. The van der Waals surface area contributed by atoms with Gasteiger partial charge in [-0.25, -0.2) is 4.98 Å². The van der Waals surface area contributed by atoms with Crippen molar-refractivity contribution in [3.63, 3.8) is 0 Å². The number of pyridine rings is 1. The maximum Gasteiger partial charge on any atom is 0.128 e. The lowest BCUT2D eigenvalue weighted by molar-refractivity contribution is 0.588. The Balaban J connectivity index is 2.49. The molecule has 1 heterocycles. The fourth-order valence-corrected chi connectivity index (χ4v) is 1.58. The summed E-state index contributed by atoms with van der Waals surface area (Å²) in [5.41, 5.74) is 1.24. The molecule has 1 N–H and O–H groups in total. The van der Waals surface area contributed by atoms with Crippen molar-refractivity contribution in [3.05, 3.63) is 23.9 Å². The molecule has 0 saturated carbocycles. The molecule has 0 radical (unpaired) electrons. The van der Waals surface area contributed by atoms with Gasteiger partial charge in [-0.1, -0.05) is 33.3 Å². The molecule has 3 nitrogen and oxygen atoms in total. The van der Waals surface area contributed by atoms with E-state index >= 15 is 0 Å². The van der Waals surface area contributed by atoms with Crippen molar-refractivity contribution in [2.24, 2.45) is 0 Å². The summed E-state index contributed by atoms with van der Waals surface area (Å²) in [6, 6.07) is 4.77. The van der Waals surface area contributed by atoms with Crippen LogP contribution in [0.3, 0.4) is 0 Å². The van der Waals surface area contributed by atoms with Crippen LogP contribution < -0.4 is 10.2 Å². The molecule has 96 valence electrons. The van der Waals surface area contributed by atoms with Crippen molar-refractivity contribution < 1.29 is 0 Å². The average molecular weight is 235 g/mol. The van der Waals surface area contributed by atoms with Crippen molar-refractivity contribution in [1.29, 1.82) is 0 Å². The Morgan fingerprint density at radius 1 is 1.35 bits per heavy atom. The lowest BCUT2D eigenvalue weighted by Gasteiger charge is -2.18. The number of anilines is 1. The first-order chi connectivity index (χ1) is 8.13. The first kappa shape index (κ1) is 14.0. The molecule has 1 rings (SSSR count). The highest BCUT2D eigenvalue weighted by Crippen LogP contribution is 2.10. The summed E-state index contributed by atoms with van der Waals surface area (Å²) >= 11 is 0. The molecule has 0 aliphatic carbocycles. The smallest absolute Gasteiger partial charge is 0.128 e. The zero-order valence-corrected chi connectivity index (χ0v) is 11.5. The third-order valence-corrected chi connectivity index (χ3v) is 2.76. The van der Waals surface area contributed by atoms with Gasteiger partial charge in [-0.15, -0.1) is 0 Å². The molecular formula is C14H25N3. The minimum atomic E-state index is 0.516. The summed E-state index contributed by atoms with van der Waals surface area (Å²) in [7, 11) is 2.10. The van der Waals surface area contributed by atoms with Gasteiger partial charge in [0.25, 0.3) is 0 Å². The summed E-state index contributed by atoms with van der Waals surface area (Å²) in [6.45, 7) is 8.49. The van der Waals surface area contributed by atoms with Crippen LogP contribution in [0, 0.1) is 0 Å². The molecule has 0 amide bonds. The number of rotatable bonds is 7. The Kier molecular flexibility index (Phi) is 5.98. The van der Waals surface area contributed by atoms with Gasteiger partial charge in [-0.2, -0.15) is 0 Å². The molecular weight excluding hydrogens is 210 g/mol. The summed E-state index contributed by atoms with van der Waals surface area (Å²) in [6.07, 6.45) is 4.41. The molecule has 0 unspecified atom stereocenters. The predicted molar refractivity (Wildman–Crippen MR) is 74.4 cm³/mol. The van der Waals surface area contributed by atoms with E-state index in [1.165, 1.54) is 18.4 Å². The Morgan fingerprint density at radius 2 is 2.12 bits per heavy atom. The number of nitrogens with zero attached hydrogens (tertiary/aromatic N) is 2. The van der Waals surface area contributed by atoms with E-state index in [0.29, 0.717) is 6.04 Å². The Hall–Kier alpha value is -1.09. The molecule has 0 bridgehead atoms. The van der Waals surface area contributed by atoms with Gasteiger partial charge in [0.2, 0.25) is 0 Å². The molecule has 0 atom stereocenters. The second-order valence-electron chi connectivity index (χ2n) is 4.84. The summed E-state index contributed by atoms with van der Waals surface area (Å²) in [5.74, 6) is 1.06. The number of hydrogen-bond acceptors (Lipinski definition) is 3. The SMILES string of the molecule is CCCCN(C)c1ccc(CNC(C)C)cn1. The van der Waals surface area contributed by atoms with Crippen LogP contribution in [0.2, 0.25) is 0 Å². The molecule has 0 spiro atoms. The van der Waals surface area contributed by atoms with Crippen molar-refractivity contribution in [2.45, 2.75) is 46.2 Å². The largest absolute Gasteiger partial charge is 0.360 e. The van der Waals surface area contributed by atoms with Crippen LogP contribution in [-0.4, -0.2) is 24.6 Å². The molecule has 0 fully saturated rings. The van der Waals surface area contributed by atoms with Crippen LogP contribution in [0.15, 0.2) is 18.3 Å². The van der Waals surface area contributed by atoms with Crippen LogP contribution in [0.25, 0.3) is 0 Å². The van der Waals surface area contributed by atoms with E-state index in [0.717, 1.165) is 18.9 Å². The zero-order chi connectivity index (χ0) is 12.7. The van der Waals surface area contributed by atoms with Crippen LogP contribution in [0.5, 0.6) is 0 Å². The second-order valence-corrected chi connectivity index (χ2v) is 4.84.